The minimum atomic E-state index is -0.610. The van der Waals surface area contributed by atoms with Gasteiger partial charge < -0.3 is 15.7 Å². The lowest BCUT2D eigenvalue weighted by molar-refractivity contribution is 0.334. The Kier molecular flexibility index (Phi) is 6.07. The number of phenolic OH excluding ortho intramolecular Hbond substituents is 1. The Morgan fingerprint density at radius 1 is 1.08 bits per heavy atom. The number of aromatic nitrogens is 1. The minimum absolute atomic E-state index is 0.0958. The van der Waals surface area contributed by atoms with Gasteiger partial charge >= 0.3 is 0 Å². The summed E-state index contributed by atoms with van der Waals surface area (Å²) in [6.45, 7) is 5.43. The molecule has 4 aromatic rings. The second-order valence-corrected chi connectivity index (χ2v) is 9.47. The maximum Gasteiger partial charge on any atom is 0.141 e. The van der Waals surface area contributed by atoms with Crippen LogP contribution in [0.25, 0.3) is 33.2 Å². The molecule has 3 aromatic carbocycles. The zero-order chi connectivity index (χ0) is 25.6. The molecule has 1 fully saturated rings. The van der Waals surface area contributed by atoms with Gasteiger partial charge in [0, 0.05) is 47.8 Å². The normalized spacial score (nSPS) is 14.5. The Morgan fingerprint density at radius 3 is 2.53 bits per heavy atom. The fourth-order valence-corrected chi connectivity index (χ4v) is 4.99. The molecule has 1 aliphatic rings. The molecule has 7 heteroatoms. The topological polar surface area (TPSA) is 86.2 Å². The van der Waals surface area contributed by atoms with Gasteiger partial charge in [-0.1, -0.05) is 19.1 Å². The van der Waals surface area contributed by atoms with Crippen molar-refractivity contribution in [2.75, 3.05) is 18.0 Å². The number of nitriles is 1. The number of nitrogens with zero attached hydrogens (tertiary/aromatic N) is 3. The molecule has 0 radical (unpaired) electrons. The van der Waals surface area contributed by atoms with Gasteiger partial charge in [-0.15, -0.1) is 0 Å². The van der Waals surface area contributed by atoms with Gasteiger partial charge in [-0.05, 0) is 66.4 Å². The summed E-state index contributed by atoms with van der Waals surface area (Å²) in [5, 5.41) is 20.7. The molecule has 0 unspecified atom stereocenters. The van der Waals surface area contributed by atoms with E-state index in [1.807, 2.05) is 25.1 Å². The Morgan fingerprint density at radius 2 is 1.83 bits per heavy atom. The van der Waals surface area contributed by atoms with Gasteiger partial charge in [-0.3, -0.25) is 4.98 Å². The van der Waals surface area contributed by atoms with Crippen molar-refractivity contribution in [3.63, 3.8) is 0 Å². The van der Waals surface area contributed by atoms with Crippen molar-refractivity contribution in [3.8, 4) is 34.1 Å². The summed E-state index contributed by atoms with van der Waals surface area (Å²) in [6, 6.07) is 14.4. The fraction of sp³-hybridized carbons (Fsp3) is 0.241. The lowest BCUT2D eigenvalue weighted by Gasteiger charge is -2.45. The maximum atomic E-state index is 14.4. The molecule has 0 amide bonds. The molecule has 0 spiro atoms. The molecular formula is C29H26F2N4O. The zero-order valence-electron chi connectivity index (χ0n) is 20.1. The number of fused-ring (bicyclic) bond motifs is 1. The van der Waals surface area contributed by atoms with Crippen molar-refractivity contribution < 1.29 is 13.9 Å². The Hall–Kier alpha value is -4.02. The number of aryl methyl sites for hydroxylation is 1. The molecule has 1 saturated heterocycles. The monoisotopic (exact) mass is 484 g/mol. The van der Waals surface area contributed by atoms with Gasteiger partial charge in [-0.25, -0.2) is 8.78 Å². The van der Waals surface area contributed by atoms with Crippen molar-refractivity contribution in [1.29, 1.82) is 5.26 Å². The van der Waals surface area contributed by atoms with Crippen LogP contribution in [0, 0.1) is 35.8 Å². The number of hydrogen-bond donors (Lipinski definition) is 2. The molecular weight excluding hydrogens is 458 g/mol. The number of anilines is 1. The van der Waals surface area contributed by atoms with Crippen LogP contribution in [-0.4, -0.2) is 29.2 Å². The van der Waals surface area contributed by atoms with E-state index >= 15 is 0 Å². The number of rotatable bonds is 5. The molecule has 2 heterocycles. The van der Waals surface area contributed by atoms with Gasteiger partial charge in [-0.2, -0.15) is 5.26 Å². The van der Waals surface area contributed by atoms with Crippen molar-refractivity contribution in [2.24, 2.45) is 11.7 Å². The maximum absolute atomic E-state index is 14.4. The molecule has 5 rings (SSSR count). The highest BCUT2D eigenvalue weighted by atomic mass is 19.1. The highest BCUT2D eigenvalue weighted by Crippen LogP contribution is 2.43. The van der Waals surface area contributed by atoms with Crippen LogP contribution < -0.4 is 10.6 Å². The first kappa shape index (κ1) is 23.7. The predicted molar refractivity (Wildman–Crippen MR) is 138 cm³/mol. The lowest BCUT2D eigenvalue weighted by Crippen LogP contribution is -2.54. The van der Waals surface area contributed by atoms with Crippen LogP contribution in [0.2, 0.25) is 0 Å². The van der Waals surface area contributed by atoms with Crippen LogP contribution >= 0.6 is 0 Å². The number of phenols is 1. The summed E-state index contributed by atoms with van der Waals surface area (Å²) < 4.78 is 28.6. The smallest absolute Gasteiger partial charge is 0.141 e. The highest BCUT2D eigenvalue weighted by molar-refractivity contribution is 6.02. The lowest BCUT2D eigenvalue weighted by atomic mass is 9.88. The number of pyridine rings is 1. The van der Waals surface area contributed by atoms with Gasteiger partial charge in [0.15, 0.2) is 0 Å². The summed E-state index contributed by atoms with van der Waals surface area (Å²) in [7, 11) is 0. The number of halogens is 2. The molecule has 1 aliphatic heterocycles. The standard InChI is InChI=1S/C29H26F2N4O/c1-3-26(33)20-14-35(15-20)28-24-10-17(23-11-22(31)9-19(12-32)29(23)36)4-5-27(24)34-13-25(28)18-6-16(2)7-21(30)8-18/h4-11,13,20,26,36H,3,14-15,33H2,1-2H3/t26-/m0/s1. The largest absolute Gasteiger partial charge is 0.506 e. The van der Waals surface area contributed by atoms with E-state index in [-0.39, 0.29) is 28.7 Å². The molecule has 0 bridgehead atoms. The van der Waals surface area contributed by atoms with Gasteiger partial charge in [0.05, 0.1) is 16.8 Å². The van der Waals surface area contributed by atoms with Crippen molar-refractivity contribution in [1.82, 2.24) is 4.98 Å². The predicted octanol–water partition coefficient (Wildman–Crippen LogP) is 5.91. The summed E-state index contributed by atoms with van der Waals surface area (Å²) >= 11 is 0. The quantitative estimate of drug-likeness (QED) is 0.368. The average Bonchev–Trinajstić information content (AvgIpc) is 2.83. The summed E-state index contributed by atoms with van der Waals surface area (Å²) in [5.74, 6) is -0.870. The van der Waals surface area contributed by atoms with Crippen LogP contribution in [0.3, 0.4) is 0 Å². The molecule has 1 aromatic heterocycles. The highest BCUT2D eigenvalue weighted by Gasteiger charge is 2.33. The van der Waals surface area contributed by atoms with Crippen LogP contribution in [-0.2, 0) is 0 Å². The first-order chi connectivity index (χ1) is 17.3. The van der Waals surface area contributed by atoms with E-state index < -0.39 is 5.82 Å². The third kappa shape index (κ3) is 4.14. The third-order valence-electron chi connectivity index (χ3n) is 7.00. The van der Waals surface area contributed by atoms with Gasteiger partial charge in [0.1, 0.15) is 23.5 Å². The molecule has 0 aliphatic carbocycles. The van der Waals surface area contributed by atoms with Crippen molar-refractivity contribution >= 4 is 16.6 Å². The SMILES string of the molecule is CC[C@H](N)C1CN(c2c(-c3cc(C)cc(F)c3)cnc3ccc(-c4cc(F)cc(C#N)c4O)cc23)C1. The number of aromatic hydroxyl groups is 1. The van der Waals surface area contributed by atoms with Crippen LogP contribution in [0.15, 0.2) is 54.7 Å². The zero-order valence-corrected chi connectivity index (χ0v) is 20.1. The van der Waals surface area contributed by atoms with E-state index in [9.17, 15) is 19.1 Å². The van der Waals surface area contributed by atoms with Crippen LogP contribution in [0.5, 0.6) is 5.75 Å². The second kappa shape index (κ2) is 9.21. The van der Waals surface area contributed by atoms with E-state index in [2.05, 4.69) is 16.8 Å². The van der Waals surface area contributed by atoms with Crippen LogP contribution in [0.4, 0.5) is 14.5 Å². The summed E-state index contributed by atoms with van der Waals surface area (Å²) in [4.78, 5) is 6.85. The molecule has 3 N–H and O–H groups in total. The van der Waals surface area contributed by atoms with Crippen LogP contribution in [0.1, 0.15) is 24.5 Å². The molecule has 1 atom stereocenters. The minimum Gasteiger partial charge on any atom is -0.506 e. The van der Waals surface area contributed by atoms with E-state index in [1.54, 1.807) is 18.3 Å². The summed E-state index contributed by atoms with van der Waals surface area (Å²) in [5.41, 5.74) is 10.8. The third-order valence-corrected chi connectivity index (χ3v) is 7.00. The number of hydrogen-bond acceptors (Lipinski definition) is 5. The van der Waals surface area contributed by atoms with Gasteiger partial charge in [0.2, 0.25) is 0 Å². The summed E-state index contributed by atoms with van der Waals surface area (Å²) in [6.07, 6.45) is 2.64. The van der Waals surface area contributed by atoms with E-state index in [0.29, 0.717) is 22.6 Å². The second-order valence-electron chi connectivity index (χ2n) is 9.47. The van der Waals surface area contributed by atoms with E-state index in [4.69, 9.17) is 5.73 Å². The first-order valence-corrected chi connectivity index (χ1v) is 11.9. The molecule has 182 valence electrons. The van der Waals surface area contributed by atoms with Gasteiger partial charge in [0.25, 0.3) is 0 Å². The molecule has 5 nitrogen and oxygen atoms in total. The Balaban J connectivity index is 1.72. The van der Waals surface area contributed by atoms with E-state index in [1.165, 1.54) is 18.2 Å². The Labute approximate surface area is 208 Å². The van der Waals surface area contributed by atoms with E-state index in [0.717, 1.165) is 47.8 Å². The van der Waals surface area contributed by atoms with Crippen molar-refractivity contribution in [3.05, 3.63) is 77.5 Å². The average molecular weight is 485 g/mol. The Bertz CT molecular complexity index is 1500. The first-order valence-electron chi connectivity index (χ1n) is 11.9. The molecule has 0 saturated carbocycles. The van der Waals surface area contributed by atoms with Crippen molar-refractivity contribution in [2.45, 2.75) is 26.3 Å². The fourth-order valence-electron chi connectivity index (χ4n) is 4.99. The number of benzene rings is 3. The number of nitrogens with two attached hydrogens (primary N) is 1. The molecule has 36 heavy (non-hydrogen) atoms.